The van der Waals surface area contributed by atoms with Crippen LogP contribution < -0.4 is 0 Å². The summed E-state index contributed by atoms with van der Waals surface area (Å²) in [7, 11) is 0. The number of para-hydroxylation sites is 1. The summed E-state index contributed by atoms with van der Waals surface area (Å²) >= 11 is 0. The van der Waals surface area contributed by atoms with Gasteiger partial charge in [0.05, 0.1) is 11.7 Å². The van der Waals surface area contributed by atoms with Crippen molar-refractivity contribution >= 4 is 12.3 Å². The average molecular weight is 468 g/mol. The molecule has 35 heavy (non-hydrogen) atoms. The Hall–Kier alpha value is -3.42. The summed E-state index contributed by atoms with van der Waals surface area (Å²) in [5, 5.41) is 13.2. The molecule has 0 saturated carbocycles. The second kappa shape index (κ2) is 10.9. The van der Waals surface area contributed by atoms with Crippen LogP contribution in [0, 0.1) is 19.8 Å². The van der Waals surface area contributed by atoms with Gasteiger partial charge in [0.15, 0.2) is 5.82 Å². The summed E-state index contributed by atoms with van der Waals surface area (Å²) in [6.07, 6.45) is 10.7. The smallest absolute Gasteiger partial charge is 0.174 e. The van der Waals surface area contributed by atoms with Crippen LogP contribution in [0.2, 0.25) is 0 Å². The van der Waals surface area contributed by atoms with Crippen molar-refractivity contribution < 1.29 is 0 Å². The number of hydrogen-bond donors (Lipinski definition) is 0. The predicted molar refractivity (Wildman–Crippen MR) is 141 cm³/mol. The van der Waals surface area contributed by atoms with Crippen molar-refractivity contribution in [2.24, 2.45) is 10.9 Å². The van der Waals surface area contributed by atoms with E-state index in [0.29, 0.717) is 0 Å². The largest absolute Gasteiger partial charge is 0.297 e. The molecule has 2 aromatic carbocycles. The molecule has 180 valence electrons. The lowest BCUT2D eigenvalue weighted by Crippen LogP contribution is -2.49. The van der Waals surface area contributed by atoms with Gasteiger partial charge in [-0.25, -0.2) is 0 Å². The Balaban J connectivity index is 1.35. The van der Waals surface area contributed by atoms with Gasteiger partial charge >= 0.3 is 0 Å². The lowest BCUT2D eigenvalue weighted by atomic mass is 9.94. The third kappa shape index (κ3) is 5.31. The summed E-state index contributed by atoms with van der Waals surface area (Å²) in [5.74, 6) is 1.13. The van der Waals surface area contributed by atoms with E-state index in [2.05, 4.69) is 117 Å². The standard InChI is InChI=1S/C28H33N7/c1-22-9-6-10-23(2)26(22)35-28(30-31-32-35)27(25-14-7-15-29-21-25)34-19-17-33(18-20-34)16-8-13-24-11-4-3-5-12-24/h3-15,25,27H,16-21H2,1-2H3/b13-8+/t25?,27-/m0/s1. The Bertz CT molecular complexity index is 1180. The van der Waals surface area contributed by atoms with Crippen LogP contribution >= 0.6 is 0 Å². The molecule has 3 heterocycles. The number of dihydropyridines is 1. The second-order valence-corrected chi connectivity index (χ2v) is 9.35. The van der Waals surface area contributed by atoms with Crippen molar-refractivity contribution in [2.75, 3.05) is 39.3 Å². The first-order valence-corrected chi connectivity index (χ1v) is 12.4. The van der Waals surface area contributed by atoms with E-state index in [9.17, 15) is 0 Å². The molecule has 3 aromatic rings. The van der Waals surface area contributed by atoms with Gasteiger partial charge in [0.25, 0.3) is 0 Å². The van der Waals surface area contributed by atoms with Gasteiger partial charge in [0.1, 0.15) is 0 Å². The second-order valence-electron chi connectivity index (χ2n) is 9.35. The summed E-state index contributed by atoms with van der Waals surface area (Å²) in [4.78, 5) is 9.62. The van der Waals surface area contributed by atoms with Crippen LogP contribution in [0.25, 0.3) is 11.8 Å². The van der Waals surface area contributed by atoms with Crippen LogP contribution in [0.15, 0.2) is 71.8 Å². The van der Waals surface area contributed by atoms with Crippen LogP contribution in [-0.2, 0) is 0 Å². The highest BCUT2D eigenvalue weighted by molar-refractivity contribution is 5.72. The monoisotopic (exact) mass is 467 g/mol. The maximum Gasteiger partial charge on any atom is 0.174 e. The number of aliphatic imine (C=N–C) groups is 1. The van der Waals surface area contributed by atoms with Crippen molar-refractivity contribution in [3.8, 4) is 5.69 Å². The maximum atomic E-state index is 4.58. The normalized spacial score (nSPS) is 20.0. The molecule has 5 rings (SSSR count). The molecule has 0 radical (unpaired) electrons. The number of allylic oxidation sites excluding steroid dienone is 1. The van der Waals surface area contributed by atoms with Gasteiger partial charge in [0, 0.05) is 51.4 Å². The molecule has 1 saturated heterocycles. The number of benzene rings is 2. The molecule has 1 unspecified atom stereocenters. The summed E-state index contributed by atoms with van der Waals surface area (Å²) < 4.78 is 1.95. The number of nitrogens with zero attached hydrogens (tertiary/aromatic N) is 7. The van der Waals surface area contributed by atoms with Crippen LogP contribution in [-0.4, -0.2) is 75.5 Å². The SMILES string of the molecule is Cc1cccc(C)c1-n1nnnc1[C@H](C1C=CC=NC1)N1CCN(C/C=C/c2ccccc2)CC1. The molecule has 2 aliphatic rings. The number of piperazine rings is 1. The van der Waals surface area contributed by atoms with Gasteiger partial charge in [-0.1, -0.05) is 66.8 Å². The van der Waals surface area contributed by atoms with Crippen molar-refractivity contribution in [1.82, 2.24) is 30.0 Å². The Morgan fingerprint density at radius 1 is 0.971 bits per heavy atom. The fourth-order valence-corrected chi connectivity index (χ4v) is 5.13. The number of rotatable bonds is 7. The molecule has 2 atom stereocenters. The van der Waals surface area contributed by atoms with Crippen molar-refractivity contribution in [3.63, 3.8) is 0 Å². The highest BCUT2D eigenvalue weighted by atomic mass is 15.6. The molecule has 7 heteroatoms. The molecule has 2 aliphatic heterocycles. The number of aromatic nitrogens is 4. The molecule has 7 nitrogen and oxygen atoms in total. The Labute approximate surface area is 207 Å². The zero-order valence-corrected chi connectivity index (χ0v) is 20.5. The van der Waals surface area contributed by atoms with Gasteiger partial charge in [0.2, 0.25) is 0 Å². The lowest BCUT2D eigenvalue weighted by molar-refractivity contribution is 0.0798. The van der Waals surface area contributed by atoms with Crippen molar-refractivity contribution in [2.45, 2.75) is 19.9 Å². The fraction of sp³-hybridized carbons (Fsp3) is 0.357. The summed E-state index contributed by atoms with van der Waals surface area (Å²) in [6.45, 7) is 9.92. The minimum Gasteiger partial charge on any atom is -0.297 e. The van der Waals surface area contributed by atoms with Gasteiger partial charge < -0.3 is 0 Å². The summed E-state index contributed by atoms with van der Waals surface area (Å²) in [5.41, 5.74) is 4.66. The maximum absolute atomic E-state index is 4.58. The van der Waals surface area contributed by atoms with E-state index in [-0.39, 0.29) is 12.0 Å². The molecular weight excluding hydrogens is 434 g/mol. The first-order chi connectivity index (χ1) is 17.2. The third-order valence-electron chi connectivity index (χ3n) is 6.95. The molecule has 0 bridgehead atoms. The molecule has 0 aliphatic carbocycles. The molecule has 1 aromatic heterocycles. The van der Waals surface area contributed by atoms with Gasteiger partial charge in [-0.2, -0.15) is 4.68 Å². The molecule has 0 spiro atoms. The van der Waals surface area contributed by atoms with E-state index in [1.165, 1.54) is 16.7 Å². The number of hydrogen-bond acceptors (Lipinski definition) is 6. The zero-order chi connectivity index (χ0) is 24.0. The zero-order valence-electron chi connectivity index (χ0n) is 20.5. The first-order valence-electron chi connectivity index (χ1n) is 12.4. The number of tetrazole rings is 1. The summed E-state index contributed by atoms with van der Waals surface area (Å²) in [6, 6.07) is 16.9. The minimum atomic E-state index is 0.0692. The third-order valence-corrected chi connectivity index (χ3v) is 6.95. The Kier molecular flexibility index (Phi) is 7.25. The van der Waals surface area contributed by atoms with E-state index in [1.54, 1.807) is 0 Å². The quantitative estimate of drug-likeness (QED) is 0.527. The predicted octanol–water partition coefficient (Wildman–Crippen LogP) is 3.91. The van der Waals surface area contributed by atoms with Gasteiger partial charge in [-0.3, -0.25) is 14.8 Å². The highest BCUT2D eigenvalue weighted by Crippen LogP contribution is 2.32. The molecular formula is C28H33N7. The van der Waals surface area contributed by atoms with E-state index in [1.807, 2.05) is 10.9 Å². The van der Waals surface area contributed by atoms with Gasteiger partial charge in [-0.05, 0) is 47.0 Å². The van der Waals surface area contributed by atoms with Crippen molar-refractivity contribution in [3.05, 3.63) is 89.3 Å². The number of aryl methyl sites for hydroxylation is 2. The van der Waals surface area contributed by atoms with E-state index < -0.39 is 0 Å². The lowest BCUT2D eigenvalue weighted by Gasteiger charge is -2.40. The topological polar surface area (TPSA) is 62.4 Å². The molecule has 0 N–H and O–H groups in total. The van der Waals surface area contributed by atoms with Crippen LogP contribution in [0.1, 0.15) is 28.6 Å². The van der Waals surface area contributed by atoms with Crippen LogP contribution in [0.3, 0.4) is 0 Å². The van der Waals surface area contributed by atoms with E-state index in [4.69, 9.17) is 0 Å². The Morgan fingerprint density at radius 2 is 1.74 bits per heavy atom. The minimum absolute atomic E-state index is 0.0692. The average Bonchev–Trinajstić information content (AvgIpc) is 3.35. The highest BCUT2D eigenvalue weighted by Gasteiger charge is 2.35. The molecule has 1 fully saturated rings. The van der Waals surface area contributed by atoms with E-state index >= 15 is 0 Å². The Morgan fingerprint density at radius 3 is 2.46 bits per heavy atom. The van der Waals surface area contributed by atoms with Crippen LogP contribution in [0.4, 0.5) is 0 Å². The van der Waals surface area contributed by atoms with E-state index in [0.717, 1.165) is 50.8 Å². The molecule has 0 amide bonds. The van der Waals surface area contributed by atoms with Gasteiger partial charge in [-0.15, -0.1) is 5.10 Å². The first kappa shape index (κ1) is 23.3. The fourth-order valence-electron chi connectivity index (χ4n) is 5.13. The van der Waals surface area contributed by atoms with Crippen molar-refractivity contribution in [1.29, 1.82) is 0 Å². The van der Waals surface area contributed by atoms with Crippen LogP contribution in [0.5, 0.6) is 0 Å².